The molecule has 14 heteroatoms. The van der Waals surface area contributed by atoms with Crippen LogP contribution in [0.25, 0.3) is 0 Å². The molecule has 0 spiro atoms. The molecule has 13 nitrogen and oxygen atoms in total. The Kier molecular flexibility index (Phi) is 13.0. The van der Waals surface area contributed by atoms with E-state index >= 15 is 0 Å². The standard InChI is InChI=1S/C25H32ClN5O2.C4H6O6/c1-2-24-27-31(25(32)30(24)18-19-33-23-10-4-3-5-11-23)13-7-12-28-14-16-29(17-15-28)22-9-6-8-21(26)20-22;5-1(3(7)8)2(6)4(9)10/h3-6,8-11,20H,2,7,12-19H2,1H3;1-2,5-6H,(H,7,8)(H,9,10). The van der Waals surface area contributed by atoms with Crippen molar-refractivity contribution >= 4 is 29.2 Å². The zero-order chi connectivity index (χ0) is 31.4. The second-order valence-corrected chi connectivity index (χ2v) is 10.3. The van der Waals surface area contributed by atoms with E-state index in [0.717, 1.165) is 62.2 Å². The maximum Gasteiger partial charge on any atom is 0.346 e. The lowest BCUT2D eigenvalue weighted by Gasteiger charge is -2.36. The van der Waals surface area contributed by atoms with E-state index in [1.807, 2.05) is 55.5 Å². The first kappa shape index (κ1) is 33.6. The van der Waals surface area contributed by atoms with Crippen molar-refractivity contribution in [2.24, 2.45) is 0 Å². The summed E-state index contributed by atoms with van der Waals surface area (Å²) in [5.74, 6) is -1.91. The van der Waals surface area contributed by atoms with Gasteiger partial charge in [0, 0.05) is 56.4 Å². The minimum atomic E-state index is -2.27. The van der Waals surface area contributed by atoms with Gasteiger partial charge in [0.05, 0.1) is 6.54 Å². The highest BCUT2D eigenvalue weighted by atomic mass is 35.5. The highest BCUT2D eigenvalue weighted by Gasteiger charge is 2.29. The van der Waals surface area contributed by atoms with Crippen molar-refractivity contribution in [2.75, 3.05) is 44.2 Å². The molecular formula is C29H38ClN5O8. The highest BCUT2D eigenvalue weighted by Crippen LogP contribution is 2.20. The van der Waals surface area contributed by atoms with Crippen LogP contribution in [0.1, 0.15) is 19.2 Å². The van der Waals surface area contributed by atoms with E-state index in [1.54, 1.807) is 9.25 Å². The number of carbonyl (C=O) groups is 2. The van der Waals surface area contributed by atoms with Crippen molar-refractivity contribution in [1.82, 2.24) is 19.2 Å². The van der Waals surface area contributed by atoms with Gasteiger partial charge in [-0.1, -0.05) is 42.8 Å². The number of piperazine rings is 1. The quantitative estimate of drug-likeness (QED) is 0.218. The minimum absolute atomic E-state index is 0.0470. The Balaban J connectivity index is 0.000000436. The van der Waals surface area contributed by atoms with E-state index in [0.29, 0.717) is 19.7 Å². The number of aromatic nitrogens is 3. The Bertz CT molecular complexity index is 1360. The Morgan fingerprint density at radius 1 is 0.930 bits per heavy atom. The van der Waals surface area contributed by atoms with Crippen LogP contribution < -0.4 is 15.3 Å². The van der Waals surface area contributed by atoms with Crippen LogP contribution in [0.5, 0.6) is 5.75 Å². The normalized spacial score (nSPS) is 14.8. The summed E-state index contributed by atoms with van der Waals surface area (Å²) in [6.07, 6.45) is -2.91. The van der Waals surface area contributed by atoms with Gasteiger partial charge in [-0.3, -0.25) is 9.47 Å². The minimum Gasteiger partial charge on any atom is -0.492 e. The molecule has 1 aliphatic heterocycles. The van der Waals surface area contributed by atoms with E-state index < -0.39 is 24.1 Å². The van der Waals surface area contributed by atoms with Crippen molar-refractivity contribution in [3.8, 4) is 5.75 Å². The van der Waals surface area contributed by atoms with Gasteiger partial charge in [-0.2, -0.15) is 5.10 Å². The van der Waals surface area contributed by atoms with Gasteiger partial charge < -0.3 is 30.1 Å². The molecule has 1 aliphatic rings. The topological polar surface area (TPSA) is 171 Å². The number of rotatable bonds is 13. The number of aryl methyl sites for hydroxylation is 2. The summed E-state index contributed by atoms with van der Waals surface area (Å²) >= 11 is 6.13. The summed E-state index contributed by atoms with van der Waals surface area (Å²) in [6.45, 7) is 8.54. The third kappa shape index (κ3) is 10.1. The molecule has 2 atom stereocenters. The third-order valence-corrected chi connectivity index (χ3v) is 7.07. The largest absolute Gasteiger partial charge is 0.492 e. The summed E-state index contributed by atoms with van der Waals surface area (Å²) in [5, 5.41) is 37.9. The van der Waals surface area contributed by atoms with Crippen LogP contribution in [0.3, 0.4) is 0 Å². The average Bonchev–Trinajstić information content (AvgIpc) is 3.31. The summed E-state index contributed by atoms with van der Waals surface area (Å²) in [5.41, 5.74) is 1.14. The lowest BCUT2D eigenvalue weighted by molar-refractivity contribution is -0.165. The lowest BCUT2D eigenvalue weighted by Crippen LogP contribution is -2.46. The molecule has 0 saturated carbocycles. The Labute approximate surface area is 254 Å². The third-order valence-electron chi connectivity index (χ3n) is 6.84. The van der Waals surface area contributed by atoms with Gasteiger partial charge in [-0.15, -0.1) is 0 Å². The van der Waals surface area contributed by atoms with Crippen LogP contribution in [0, 0.1) is 0 Å². The van der Waals surface area contributed by atoms with Crippen molar-refractivity contribution in [3.63, 3.8) is 0 Å². The molecule has 4 N–H and O–H groups in total. The molecule has 0 aliphatic carbocycles. The number of carboxylic acid groups (broad SMARTS) is 2. The first-order valence-electron chi connectivity index (χ1n) is 14.0. The molecular weight excluding hydrogens is 582 g/mol. The van der Waals surface area contributed by atoms with Crippen LogP contribution >= 0.6 is 11.6 Å². The molecule has 1 saturated heterocycles. The first-order chi connectivity index (χ1) is 20.6. The van der Waals surface area contributed by atoms with Gasteiger partial charge in [0.2, 0.25) is 0 Å². The van der Waals surface area contributed by atoms with E-state index in [9.17, 15) is 14.4 Å². The molecule has 1 fully saturated rings. The fourth-order valence-electron chi connectivity index (χ4n) is 4.51. The van der Waals surface area contributed by atoms with Crippen molar-refractivity contribution < 1.29 is 34.8 Å². The van der Waals surface area contributed by atoms with Crippen LogP contribution in [-0.2, 0) is 29.1 Å². The number of benzene rings is 2. The zero-order valence-corrected chi connectivity index (χ0v) is 24.7. The number of aliphatic carboxylic acids is 2. The number of hydrogen-bond donors (Lipinski definition) is 4. The number of ether oxygens (including phenoxy) is 1. The van der Waals surface area contributed by atoms with Gasteiger partial charge in [-0.05, 0) is 36.8 Å². The maximum atomic E-state index is 12.9. The van der Waals surface area contributed by atoms with E-state index in [4.69, 9.17) is 36.8 Å². The zero-order valence-electron chi connectivity index (χ0n) is 24.0. The molecule has 2 unspecified atom stereocenters. The summed E-state index contributed by atoms with van der Waals surface area (Å²) in [6, 6.07) is 17.7. The van der Waals surface area contributed by atoms with E-state index in [1.165, 1.54) is 5.69 Å². The summed E-state index contributed by atoms with van der Waals surface area (Å²) < 4.78 is 9.12. The molecule has 234 valence electrons. The molecule has 4 rings (SSSR count). The lowest BCUT2D eigenvalue weighted by atomic mass is 10.2. The Hall–Kier alpha value is -3.91. The number of carboxylic acids is 2. The SMILES string of the molecule is CCc1nn(CCCN2CCN(c3cccc(Cl)c3)CC2)c(=O)n1CCOc1ccccc1.O=C(O)C(O)C(O)C(=O)O. The van der Waals surface area contributed by atoms with Gasteiger partial charge in [0.25, 0.3) is 0 Å². The number of anilines is 1. The Morgan fingerprint density at radius 2 is 1.58 bits per heavy atom. The first-order valence-corrected chi connectivity index (χ1v) is 14.4. The van der Waals surface area contributed by atoms with Gasteiger partial charge in [0.1, 0.15) is 18.2 Å². The fourth-order valence-corrected chi connectivity index (χ4v) is 4.69. The number of hydrogen-bond acceptors (Lipinski definition) is 9. The number of nitrogens with zero attached hydrogens (tertiary/aromatic N) is 5. The van der Waals surface area contributed by atoms with Crippen LogP contribution in [-0.4, -0.2) is 103 Å². The number of para-hydroxylation sites is 1. The van der Waals surface area contributed by atoms with Crippen molar-refractivity contribution in [3.05, 3.63) is 75.9 Å². The van der Waals surface area contributed by atoms with Gasteiger partial charge in [0.15, 0.2) is 12.2 Å². The number of aliphatic hydroxyl groups excluding tert-OH is 2. The molecule has 2 heterocycles. The highest BCUT2D eigenvalue weighted by molar-refractivity contribution is 6.30. The molecule has 43 heavy (non-hydrogen) atoms. The van der Waals surface area contributed by atoms with Crippen LogP contribution in [0.2, 0.25) is 5.02 Å². The van der Waals surface area contributed by atoms with E-state index in [2.05, 4.69) is 21.0 Å². The Morgan fingerprint density at radius 3 is 2.16 bits per heavy atom. The van der Waals surface area contributed by atoms with Gasteiger partial charge >= 0.3 is 17.6 Å². The molecule has 0 bridgehead atoms. The second kappa shape index (κ2) is 16.7. The molecule has 2 aromatic carbocycles. The summed E-state index contributed by atoms with van der Waals surface area (Å²) in [7, 11) is 0. The van der Waals surface area contributed by atoms with E-state index in [-0.39, 0.29) is 5.69 Å². The average molecular weight is 620 g/mol. The number of halogens is 1. The molecule has 1 aromatic heterocycles. The molecule has 0 amide bonds. The predicted octanol–water partition coefficient (Wildman–Crippen LogP) is 1.43. The summed E-state index contributed by atoms with van der Waals surface area (Å²) in [4.78, 5) is 37.3. The van der Waals surface area contributed by atoms with Crippen LogP contribution in [0.4, 0.5) is 5.69 Å². The number of aliphatic hydroxyl groups is 2. The monoisotopic (exact) mass is 619 g/mol. The fraction of sp³-hybridized carbons (Fsp3) is 0.448. The smallest absolute Gasteiger partial charge is 0.346 e. The second-order valence-electron chi connectivity index (χ2n) is 9.82. The van der Waals surface area contributed by atoms with Crippen molar-refractivity contribution in [1.29, 1.82) is 0 Å². The van der Waals surface area contributed by atoms with Gasteiger partial charge in [-0.25, -0.2) is 19.1 Å². The van der Waals surface area contributed by atoms with Crippen molar-refractivity contribution in [2.45, 2.75) is 45.1 Å². The predicted molar refractivity (Wildman–Crippen MR) is 160 cm³/mol. The molecule has 0 radical (unpaired) electrons. The van der Waals surface area contributed by atoms with Crippen LogP contribution in [0.15, 0.2) is 59.4 Å². The molecule has 3 aromatic rings. The maximum absolute atomic E-state index is 12.9.